The van der Waals surface area contributed by atoms with Gasteiger partial charge in [0, 0.05) is 0 Å². The molecule has 0 N–H and O–H groups in total. The van der Waals surface area contributed by atoms with Crippen LogP contribution in [0.2, 0.25) is 0 Å². The summed E-state index contributed by atoms with van der Waals surface area (Å²) in [6, 6.07) is 0. The van der Waals surface area contributed by atoms with Crippen LogP contribution in [0.4, 0.5) is 0 Å². The zero-order chi connectivity index (χ0) is 14.6. The summed E-state index contributed by atoms with van der Waals surface area (Å²) in [5, 5.41) is 0. The van der Waals surface area contributed by atoms with E-state index in [0.29, 0.717) is 0 Å². The van der Waals surface area contributed by atoms with E-state index in [0.717, 1.165) is 0 Å². The van der Waals surface area contributed by atoms with Gasteiger partial charge in [-0.2, -0.15) is 0 Å². The second-order valence-electron chi connectivity index (χ2n) is 6.16. The van der Waals surface area contributed by atoms with Crippen LogP contribution in [-0.2, 0) is 23.2 Å². The average molecular weight is 336 g/mol. The fraction of sp³-hybridized carbons (Fsp3) is 0.625. The van der Waals surface area contributed by atoms with Gasteiger partial charge in [-0.15, -0.1) is 0 Å². The van der Waals surface area contributed by atoms with Gasteiger partial charge >= 0.3 is 129 Å². The fourth-order valence-electron chi connectivity index (χ4n) is 3.00. The van der Waals surface area contributed by atoms with Crippen LogP contribution in [0.15, 0.2) is 32.3 Å². The minimum absolute atomic E-state index is 0.0714. The summed E-state index contributed by atoms with van der Waals surface area (Å²) >= 11 is -0.878. The van der Waals surface area contributed by atoms with E-state index < -0.39 is 23.2 Å². The van der Waals surface area contributed by atoms with Crippen LogP contribution in [0.1, 0.15) is 55.4 Å². The van der Waals surface area contributed by atoms with Crippen LogP contribution in [-0.4, -0.2) is 17.9 Å². The third-order valence-corrected chi connectivity index (χ3v) is 9.73. The summed E-state index contributed by atoms with van der Waals surface area (Å²) in [5.74, 6) is 0. The Hall–Kier alpha value is -0.297. The first-order chi connectivity index (χ1) is 8.61. The number of allylic oxidation sites excluding steroid dienone is 2. The standard InChI is InChI=1S/2C8H12N.Zr/c2*1-5-6(2)8(4)9-7(5)3;/h2*1-4H3;. The fourth-order valence-corrected chi connectivity index (χ4v) is 8.27. The Bertz CT molecular complexity index is 515. The van der Waals surface area contributed by atoms with Crippen molar-refractivity contribution in [2.24, 2.45) is 9.98 Å². The van der Waals surface area contributed by atoms with Gasteiger partial charge in [-0.1, -0.05) is 0 Å². The Morgan fingerprint density at radius 2 is 1.00 bits per heavy atom. The summed E-state index contributed by atoms with van der Waals surface area (Å²) < 4.78 is 0.143. The van der Waals surface area contributed by atoms with Gasteiger partial charge in [0.2, 0.25) is 0 Å². The second-order valence-corrected chi connectivity index (χ2v) is 11.6. The van der Waals surface area contributed by atoms with Crippen LogP contribution in [0.3, 0.4) is 0 Å². The van der Waals surface area contributed by atoms with Gasteiger partial charge in [0.05, 0.1) is 0 Å². The van der Waals surface area contributed by atoms with Crippen molar-refractivity contribution < 1.29 is 23.2 Å². The third kappa shape index (κ3) is 2.29. The van der Waals surface area contributed by atoms with Crippen LogP contribution in [0.25, 0.3) is 0 Å². The maximum absolute atomic E-state index is 5.00. The van der Waals surface area contributed by atoms with E-state index in [1.54, 1.807) is 0 Å². The molecule has 0 bridgehead atoms. The number of rotatable bonds is 2. The van der Waals surface area contributed by atoms with Crippen molar-refractivity contribution in [3.8, 4) is 0 Å². The normalized spacial score (nSPS) is 34.9. The molecular weight excluding hydrogens is 311 g/mol. The second kappa shape index (κ2) is 4.62. The molecule has 0 amide bonds. The SMILES string of the molecule is CC1=N[C](C)([Zr][C]2(C)N=C(C)C(C)=C2C)C(C)=C1C. The zero-order valence-electron chi connectivity index (χ0n) is 13.4. The van der Waals surface area contributed by atoms with E-state index in [4.69, 9.17) is 9.98 Å². The number of hydrogen-bond donors (Lipinski definition) is 0. The van der Waals surface area contributed by atoms with E-state index in [1.165, 1.54) is 33.7 Å². The van der Waals surface area contributed by atoms with Crippen LogP contribution < -0.4 is 0 Å². The van der Waals surface area contributed by atoms with E-state index >= 15 is 0 Å². The number of hydrogen-bond acceptors (Lipinski definition) is 2. The predicted molar refractivity (Wildman–Crippen MR) is 79.8 cm³/mol. The molecule has 0 radical (unpaired) electrons. The first-order valence-corrected chi connectivity index (χ1v) is 9.35. The molecule has 0 aromatic carbocycles. The Balaban J connectivity index is 2.40. The van der Waals surface area contributed by atoms with Gasteiger partial charge in [-0.05, 0) is 0 Å². The van der Waals surface area contributed by atoms with Gasteiger partial charge in [-0.3, -0.25) is 0 Å². The van der Waals surface area contributed by atoms with Gasteiger partial charge in [0.15, 0.2) is 0 Å². The molecule has 2 unspecified atom stereocenters. The molecule has 2 aliphatic rings. The van der Waals surface area contributed by atoms with Crippen molar-refractivity contribution >= 4 is 11.4 Å². The maximum atomic E-state index is 5.00. The summed E-state index contributed by atoms with van der Waals surface area (Å²) in [6.07, 6.45) is 0. The molecule has 102 valence electrons. The molecule has 0 aliphatic carbocycles. The van der Waals surface area contributed by atoms with Gasteiger partial charge in [0.1, 0.15) is 0 Å². The summed E-state index contributed by atoms with van der Waals surface area (Å²) in [5.41, 5.74) is 8.18. The van der Waals surface area contributed by atoms with Crippen molar-refractivity contribution in [3.63, 3.8) is 0 Å². The minimum atomic E-state index is -0.878. The molecular formula is C16H24N2Zr. The first kappa shape index (κ1) is 15.1. The first-order valence-electron chi connectivity index (χ1n) is 6.89. The van der Waals surface area contributed by atoms with Crippen molar-refractivity contribution in [3.05, 3.63) is 22.3 Å². The molecule has 3 heteroatoms. The van der Waals surface area contributed by atoms with Gasteiger partial charge in [0.25, 0.3) is 0 Å². The van der Waals surface area contributed by atoms with Gasteiger partial charge < -0.3 is 0 Å². The zero-order valence-corrected chi connectivity index (χ0v) is 15.9. The summed E-state index contributed by atoms with van der Waals surface area (Å²) in [6.45, 7) is 17.9. The van der Waals surface area contributed by atoms with Crippen LogP contribution >= 0.6 is 0 Å². The quantitative estimate of drug-likeness (QED) is 0.725. The van der Waals surface area contributed by atoms with Crippen LogP contribution in [0.5, 0.6) is 0 Å². The molecule has 19 heavy (non-hydrogen) atoms. The summed E-state index contributed by atoms with van der Waals surface area (Å²) in [4.78, 5) is 10.0. The average Bonchev–Trinajstić information content (AvgIpc) is 2.61. The molecule has 0 spiro atoms. The Labute approximate surface area is 128 Å². The number of aliphatic imine (C=N–C) groups is 2. The molecule has 2 rings (SSSR count). The predicted octanol–water partition coefficient (Wildman–Crippen LogP) is 4.12. The molecule has 0 aromatic rings. The molecule has 0 saturated carbocycles. The van der Waals surface area contributed by atoms with E-state index in [2.05, 4.69) is 55.4 Å². The summed E-state index contributed by atoms with van der Waals surface area (Å²) in [7, 11) is 0. The Morgan fingerprint density at radius 3 is 1.21 bits per heavy atom. The molecule has 0 saturated heterocycles. The molecule has 2 aliphatic heterocycles. The van der Waals surface area contributed by atoms with Crippen LogP contribution in [0, 0.1) is 0 Å². The molecule has 0 aromatic heterocycles. The molecule has 0 fully saturated rings. The van der Waals surface area contributed by atoms with Crippen molar-refractivity contribution in [1.29, 1.82) is 0 Å². The Morgan fingerprint density at radius 1 is 0.684 bits per heavy atom. The monoisotopic (exact) mass is 334 g/mol. The van der Waals surface area contributed by atoms with E-state index in [-0.39, 0.29) is 6.49 Å². The third-order valence-electron chi connectivity index (χ3n) is 4.94. The number of nitrogens with zero attached hydrogens (tertiary/aromatic N) is 2. The van der Waals surface area contributed by atoms with Crippen molar-refractivity contribution in [2.45, 2.75) is 61.9 Å². The van der Waals surface area contributed by atoms with Crippen molar-refractivity contribution in [2.75, 3.05) is 0 Å². The topological polar surface area (TPSA) is 24.7 Å². The van der Waals surface area contributed by atoms with Crippen molar-refractivity contribution in [1.82, 2.24) is 0 Å². The Kier molecular flexibility index (Phi) is 3.67. The molecule has 2 atom stereocenters. The van der Waals surface area contributed by atoms with E-state index in [9.17, 15) is 0 Å². The van der Waals surface area contributed by atoms with E-state index in [1.807, 2.05) is 0 Å². The molecule has 2 nitrogen and oxygen atoms in total. The molecule has 2 heterocycles. The van der Waals surface area contributed by atoms with Gasteiger partial charge in [-0.25, -0.2) is 0 Å².